The highest BCUT2D eigenvalue weighted by molar-refractivity contribution is 7.89. The first-order chi connectivity index (χ1) is 14.0. The lowest BCUT2D eigenvalue weighted by atomic mass is 10.4. The second kappa shape index (κ2) is 8.04. The van der Waals surface area contributed by atoms with E-state index in [0.717, 1.165) is 23.5 Å². The molecule has 0 aliphatic rings. The van der Waals surface area contributed by atoms with Gasteiger partial charge in [-0.1, -0.05) is 0 Å². The zero-order chi connectivity index (χ0) is 22.1. The Morgan fingerprint density at radius 1 is 1.13 bits per heavy atom. The minimum absolute atomic E-state index is 0.277. The Morgan fingerprint density at radius 3 is 2.40 bits per heavy atom. The van der Waals surface area contributed by atoms with Gasteiger partial charge in [0.2, 0.25) is 10.9 Å². The minimum Gasteiger partial charge on any atom is -0.450 e. The number of rotatable bonds is 6. The molecule has 3 rings (SSSR count). The molecule has 13 heteroatoms. The third-order valence-electron chi connectivity index (χ3n) is 3.66. The number of carbonyl (C=O) groups excluding carboxylic acids is 2. The molecule has 0 atom stereocenters. The van der Waals surface area contributed by atoms with Crippen molar-refractivity contribution in [3.8, 4) is 5.95 Å². The van der Waals surface area contributed by atoms with Crippen LogP contribution in [-0.4, -0.2) is 46.6 Å². The van der Waals surface area contributed by atoms with Gasteiger partial charge in [-0.25, -0.2) is 28.3 Å². The number of furan rings is 1. The number of aromatic nitrogens is 4. The first-order valence-corrected chi connectivity index (χ1v) is 10.1. The average molecular weight is 434 g/mol. The predicted octanol–water partition coefficient (Wildman–Crippen LogP) is 0.623. The van der Waals surface area contributed by atoms with Crippen molar-refractivity contribution in [1.82, 2.24) is 19.7 Å². The molecule has 0 radical (unpaired) electrons. The average Bonchev–Trinajstić information content (AvgIpc) is 3.26. The molecule has 0 unspecified atom stereocenters. The summed E-state index contributed by atoms with van der Waals surface area (Å²) in [5, 5.41) is 11.1. The molecule has 0 saturated carbocycles. The summed E-state index contributed by atoms with van der Waals surface area (Å²) in [5.41, 5.74) is 2.07. The van der Waals surface area contributed by atoms with Gasteiger partial charge in [0.15, 0.2) is 6.61 Å². The SMILES string of the molecule is Cc1cc(C)nc(-n2nc(C)cc2NC(=O)COC(=O)c2ccc(S(N)(=O)=O)o2)n1. The van der Waals surface area contributed by atoms with E-state index >= 15 is 0 Å². The maximum Gasteiger partial charge on any atom is 0.374 e. The normalized spacial score (nSPS) is 11.3. The fourth-order valence-electron chi connectivity index (χ4n) is 2.51. The van der Waals surface area contributed by atoms with Crippen LogP contribution >= 0.6 is 0 Å². The highest BCUT2D eigenvalue weighted by Crippen LogP contribution is 2.16. The first-order valence-electron chi connectivity index (χ1n) is 8.52. The van der Waals surface area contributed by atoms with Crippen LogP contribution in [0.5, 0.6) is 0 Å². The minimum atomic E-state index is -4.10. The number of nitrogens with zero attached hydrogens (tertiary/aromatic N) is 4. The number of amides is 1. The van der Waals surface area contributed by atoms with Gasteiger partial charge in [0, 0.05) is 17.5 Å². The second-order valence-electron chi connectivity index (χ2n) is 6.32. The number of aryl methyl sites for hydroxylation is 3. The molecule has 12 nitrogen and oxygen atoms in total. The number of anilines is 1. The summed E-state index contributed by atoms with van der Waals surface area (Å²) in [5.74, 6) is -1.53. The van der Waals surface area contributed by atoms with E-state index < -0.39 is 39.4 Å². The van der Waals surface area contributed by atoms with Crippen molar-refractivity contribution in [3.63, 3.8) is 0 Å². The monoisotopic (exact) mass is 434 g/mol. The summed E-state index contributed by atoms with van der Waals surface area (Å²) in [4.78, 5) is 32.8. The van der Waals surface area contributed by atoms with Gasteiger partial charge in [-0.05, 0) is 39.0 Å². The number of sulfonamides is 1. The molecular weight excluding hydrogens is 416 g/mol. The van der Waals surface area contributed by atoms with Crippen molar-refractivity contribution >= 4 is 27.7 Å². The fourth-order valence-corrected chi connectivity index (χ4v) is 2.97. The summed E-state index contributed by atoms with van der Waals surface area (Å²) in [6.07, 6.45) is 0. The van der Waals surface area contributed by atoms with Crippen molar-refractivity contribution in [2.45, 2.75) is 25.9 Å². The van der Waals surface area contributed by atoms with Crippen LogP contribution in [0.4, 0.5) is 5.82 Å². The van der Waals surface area contributed by atoms with Crippen molar-refractivity contribution < 1.29 is 27.2 Å². The number of carbonyl (C=O) groups is 2. The molecule has 0 aliphatic heterocycles. The van der Waals surface area contributed by atoms with E-state index in [1.54, 1.807) is 19.1 Å². The van der Waals surface area contributed by atoms with Crippen LogP contribution < -0.4 is 10.5 Å². The molecule has 3 N–H and O–H groups in total. The van der Waals surface area contributed by atoms with Crippen LogP contribution in [0.1, 0.15) is 27.6 Å². The second-order valence-corrected chi connectivity index (χ2v) is 7.81. The van der Waals surface area contributed by atoms with Gasteiger partial charge < -0.3 is 14.5 Å². The molecule has 3 aromatic heterocycles. The number of primary sulfonamides is 1. The molecule has 0 aromatic carbocycles. The lowest BCUT2D eigenvalue weighted by molar-refractivity contribution is -0.119. The van der Waals surface area contributed by atoms with Crippen LogP contribution in [0.25, 0.3) is 5.95 Å². The first kappa shape index (κ1) is 21.1. The number of hydrogen-bond donors (Lipinski definition) is 2. The molecule has 30 heavy (non-hydrogen) atoms. The Labute approximate surface area is 171 Å². The highest BCUT2D eigenvalue weighted by atomic mass is 32.2. The largest absolute Gasteiger partial charge is 0.450 e. The number of nitrogens with two attached hydrogens (primary N) is 1. The Morgan fingerprint density at radius 2 is 1.80 bits per heavy atom. The van der Waals surface area contributed by atoms with Crippen molar-refractivity contribution in [3.05, 3.63) is 47.1 Å². The molecule has 3 aromatic rings. The summed E-state index contributed by atoms with van der Waals surface area (Å²) in [6, 6.07) is 5.49. The summed E-state index contributed by atoms with van der Waals surface area (Å²) in [6.45, 7) is 4.70. The summed E-state index contributed by atoms with van der Waals surface area (Å²) in [7, 11) is -4.10. The van der Waals surface area contributed by atoms with Gasteiger partial charge in [0.25, 0.3) is 21.9 Å². The lowest BCUT2D eigenvalue weighted by Gasteiger charge is -2.09. The Bertz CT molecular complexity index is 1210. The molecule has 158 valence electrons. The summed E-state index contributed by atoms with van der Waals surface area (Å²) >= 11 is 0. The van der Waals surface area contributed by atoms with Crippen LogP contribution in [0.2, 0.25) is 0 Å². The van der Waals surface area contributed by atoms with Crippen LogP contribution in [0.3, 0.4) is 0 Å². The quantitative estimate of drug-likeness (QED) is 0.527. The van der Waals surface area contributed by atoms with E-state index in [-0.39, 0.29) is 11.8 Å². The van der Waals surface area contributed by atoms with Gasteiger partial charge >= 0.3 is 5.97 Å². The Kier molecular flexibility index (Phi) is 5.67. The summed E-state index contributed by atoms with van der Waals surface area (Å²) < 4.78 is 33.4. The zero-order valence-electron chi connectivity index (χ0n) is 16.2. The predicted molar refractivity (Wildman–Crippen MR) is 102 cm³/mol. The van der Waals surface area contributed by atoms with Gasteiger partial charge in [-0.3, -0.25) is 4.79 Å². The zero-order valence-corrected chi connectivity index (χ0v) is 17.1. The maximum absolute atomic E-state index is 12.2. The standard InChI is InChI=1S/C17H18N6O6S/c1-9-6-10(2)20-17(19-9)23-13(7-11(3)22-23)21-14(24)8-28-16(25)12-4-5-15(29-12)30(18,26)27/h4-7H,8H2,1-3H3,(H,21,24)(H2,18,26,27). The maximum atomic E-state index is 12.2. The van der Waals surface area contributed by atoms with E-state index in [9.17, 15) is 18.0 Å². The molecular formula is C17H18N6O6S. The molecule has 0 saturated heterocycles. The van der Waals surface area contributed by atoms with Crippen molar-refractivity contribution in [2.24, 2.45) is 5.14 Å². The van der Waals surface area contributed by atoms with E-state index in [4.69, 9.17) is 14.3 Å². The topological polar surface area (TPSA) is 172 Å². The molecule has 3 heterocycles. The molecule has 0 bridgehead atoms. The van der Waals surface area contributed by atoms with E-state index in [2.05, 4.69) is 20.4 Å². The van der Waals surface area contributed by atoms with Crippen molar-refractivity contribution in [1.29, 1.82) is 0 Å². The Hall–Kier alpha value is -3.58. The molecule has 1 amide bonds. The number of hydrogen-bond acceptors (Lipinski definition) is 9. The lowest BCUT2D eigenvalue weighted by Crippen LogP contribution is -2.22. The third kappa shape index (κ3) is 4.87. The molecule has 0 aliphatic carbocycles. The van der Waals surface area contributed by atoms with Crippen LogP contribution in [0, 0.1) is 20.8 Å². The fraction of sp³-hybridized carbons (Fsp3) is 0.235. The smallest absolute Gasteiger partial charge is 0.374 e. The van der Waals surface area contributed by atoms with Gasteiger partial charge in [-0.15, -0.1) is 0 Å². The van der Waals surface area contributed by atoms with Crippen LogP contribution in [-0.2, 0) is 19.6 Å². The number of esters is 1. The van der Waals surface area contributed by atoms with E-state index in [1.807, 2.05) is 13.8 Å². The highest BCUT2D eigenvalue weighted by Gasteiger charge is 2.20. The van der Waals surface area contributed by atoms with Crippen molar-refractivity contribution in [2.75, 3.05) is 11.9 Å². The molecule has 0 fully saturated rings. The van der Waals surface area contributed by atoms with Crippen LogP contribution in [0.15, 0.2) is 33.8 Å². The van der Waals surface area contributed by atoms with Gasteiger partial charge in [0.1, 0.15) is 5.82 Å². The number of nitrogens with one attached hydrogen (secondary N) is 1. The molecule has 0 spiro atoms. The van der Waals surface area contributed by atoms with E-state index in [0.29, 0.717) is 5.69 Å². The van der Waals surface area contributed by atoms with E-state index in [1.165, 1.54) is 4.68 Å². The van der Waals surface area contributed by atoms with Gasteiger partial charge in [0.05, 0.1) is 5.69 Å². The third-order valence-corrected chi connectivity index (χ3v) is 4.44. The van der Waals surface area contributed by atoms with Gasteiger partial charge in [-0.2, -0.15) is 9.78 Å². The Balaban J connectivity index is 1.68. The number of ether oxygens (including phenoxy) is 1.